The molecular formula is C14H16ClN3O. The number of hydrogen-bond donors (Lipinski definition) is 2. The molecule has 0 amide bonds. The van der Waals surface area contributed by atoms with Gasteiger partial charge < -0.3 is 15.8 Å². The number of methoxy groups -OCH3 is 1. The third-order valence-electron chi connectivity index (χ3n) is 2.72. The highest BCUT2D eigenvalue weighted by atomic mass is 35.5. The summed E-state index contributed by atoms with van der Waals surface area (Å²) in [5.41, 5.74) is 7.46. The monoisotopic (exact) mass is 277 g/mol. The molecule has 0 spiro atoms. The van der Waals surface area contributed by atoms with Crippen LogP contribution in [0.1, 0.15) is 5.56 Å². The van der Waals surface area contributed by atoms with Crippen molar-refractivity contribution < 1.29 is 4.74 Å². The van der Waals surface area contributed by atoms with Crippen molar-refractivity contribution in [3.8, 4) is 5.88 Å². The van der Waals surface area contributed by atoms with Gasteiger partial charge in [-0.1, -0.05) is 23.7 Å². The van der Waals surface area contributed by atoms with Crippen LogP contribution in [0.3, 0.4) is 0 Å². The van der Waals surface area contributed by atoms with Crippen molar-refractivity contribution >= 4 is 23.1 Å². The van der Waals surface area contributed by atoms with Crippen LogP contribution in [0.5, 0.6) is 5.88 Å². The van der Waals surface area contributed by atoms with E-state index in [9.17, 15) is 0 Å². The van der Waals surface area contributed by atoms with Crippen molar-refractivity contribution in [2.45, 2.75) is 6.42 Å². The molecule has 100 valence electrons. The van der Waals surface area contributed by atoms with Gasteiger partial charge in [0.15, 0.2) is 0 Å². The van der Waals surface area contributed by atoms with Crippen molar-refractivity contribution in [3.05, 3.63) is 47.0 Å². The fourth-order valence-corrected chi connectivity index (χ4v) is 1.83. The number of halogens is 1. The van der Waals surface area contributed by atoms with E-state index in [0.717, 1.165) is 23.8 Å². The van der Waals surface area contributed by atoms with E-state index in [2.05, 4.69) is 10.3 Å². The number of anilines is 2. The maximum atomic E-state index is 5.84. The smallest absolute Gasteiger partial charge is 0.238 e. The molecule has 3 N–H and O–H groups in total. The molecule has 0 radical (unpaired) electrons. The lowest BCUT2D eigenvalue weighted by Crippen LogP contribution is -2.07. The molecule has 0 saturated carbocycles. The zero-order valence-electron chi connectivity index (χ0n) is 10.7. The normalized spacial score (nSPS) is 10.2. The molecule has 1 aromatic carbocycles. The van der Waals surface area contributed by atoms with Gasteiger partial charge in [-0.2, -0.15) is 4.98 Å². The minimum atomic E-state index is 0.441. The van der Waals surface area contributed by atoms with E-state index in [1.54, 1.807) is 13.2 Å². The number of nitrogens with one attached hydrogen (secondary N) is 1. The van der Waals surface area contributed by atoms with Gasteiger partial charge in [0.25, 0.3) is 0 Å². The second-order valence-electron chi connectivity index (χ2n) is 4.10. The Morgan fingerprint density at radius 2 is 1.95 bits per heavy atom. The van der Waals surface area contributed by atoms with Gasteiger partial charge in [-0.05, 0) is 36.2 Å². The molecule has 0 aliphatic carbocycles. The Morgan fingerprint density at radius 3 is 2.63 bits per heavy atom. The third-order valence-corrected chi connectivity index (χ3v) is 2.97. The quantitative estimate of drug-likeness (QED) is 0.882. The molecule has 0 aliphatic heterocycles. The fraction of sp³-hybridized carbons (Fsp3) is 0.214. The number of nitrogen functional groups attached to an aromatic ring is 1. The molecule has 1 aromatic heterocycles. The zero-order chi connectivity index (χ0) is 13.7. The van der Waals surface area contributed by atoms with Crippen LogP contribution in [0.15, 0.2) is 36.4 Å². The number of pyridine rings is 1. The Bertz CT molecular complexity index is 543. The van der Waals surface area contributed by atoms with Crippen LogP contribution in [-0.2, 0) is 6.42 Å². The number of nitrogens with two attached hydrogens (primary N) is 1. The lowest BCUT2D eigenvalue weighted by molar-refractivity contribution is 0.401. The Morgan fingerprint density at radius 1 is 1.21 bits per heavy atom. The predicted octanol–water partition coefficient (Wildman–Crippen LogP) is 2.98. The second-order valence-corrected chi connectivity index (χ2v) is 4.53. The van der Waals surface area contributed by atoms with Gasteiger partial charge in [-0.15, -0.1) is 0 Å². The summed E-state index contributed by atoms with van der Waals surface area (Å²) in [6.45, 7) is 0.779. The van der Waals surface area contributed by atoms with Crippen LogP contribution in [0, 0.1) is 0 Å². The lowest BCUT2D eigenvalue weighted by atomic mass is 10.1. The van der Waals surface area contributed by atoms with Gasteiger partial charge in [0.05, 0.1) is 12.8 Å². The maximum Gasteiger partial charge on any atom is 0.238 e. The first kappa shape index (κ1) is 13.5. The van der Waals surface area contributed by atoms with Crippen LogP contribution < -0.4 is 15.8 Å². The van der Waals surface area contributed by atoms with Crippen LogP contribution >= 0.6 is 11.6 Å². The molecule has 1 heterocycles. The van der Waals surface area contributed by atoms with Crippen molar-refractivity contribution in [3.63, 3.8) is 0 Å². The van der Waals surface area contributed by atoms with Crippen LogP contribution in [0.25, 0.3) is 0 Å². The number of hydrogen-bond acceptors (Lipinski definition) is 4. The predicted molar refractivity (Wildman–Crippen MR) is 78.8 cm³/mol. The number of aromatic nitrogens is 1. The summed E-state index contributed by atoms with van der Waals surface area (Å²) in [5.74, 6) is 1.19. The van der Waals surface area contributed by atoms with Gasteiger partial charge in [0, 0.05) is 11.6 Å². The van der Waals surface area contributed by atoms with E-state index in [1.807, 2.05) is 30.3 Å². The zero-order valence-corrected chi connectivity index (χ0v) is 11.4. The molecule has 0 bridgehead atoms. The highest BCUT2D eigenvalue weighted by Gasteiger charge is 2.02. The Labute approximate surface area is 117 Å². The molecule has 0 atom stereocenters. The standard InChI is InChI=1S/C14H16ClN3O/c1-19-14-12(16)6-7-13(18-14)17-9-8-10-2-4-11(15)5-3-10/h2-7H,8-9,16H2,1H3,(H,17,18). The second kappa shape index (κ2) is 6.29. The topological polar surface area (TPSA) is 60.2 Å². The first-order valence-electron chi connectivity index (χ1n) is 5.98. The van der Waals surface area contributed by atoms with E-state index in [0.29, 0.717) is 11.6 Å². The largest absolute Gasteiger partial charge is 0.479 e. The molecule has 2 aromatic rings. The van der Waals surface area contributed by atoms with Gasteiger partial charge >= 0.3 is 0 Å². The van der Waals surface area contributed by atoms with Crippen molar-refractivity contribution in [1.29, 1.82) is 0 Å². The Hall–Kier alpha value is -1.94. The molecule has 4 nitrogen and oxygen atoms in total. The average Bonchev–Trinajstić information content (AvgIpc) is 2.43. The van der Waals surface area contributed by atoms with Crippen molar-refractivity contribution in [1.82, 2.24) is 4.98 Å². The van der Waals surface area contributed by atoms with Gasteiger partial charge in [0.1, 0.15) is 5.82 Å². The van der Waals surface area contributed by atoms with E-state index >= 15 is 0 Å². The van der Waals surface area contributed by atoms with Gasteiger partial charge in [0.2, 0.25) is 5.88 Å². The fourth-order valence-electron chi connectivity index (χ4n) is 1.70. The summed E-state index contributed by atoms with van der Waals surface area (Å²) < 4.78 is 5.07. The Kier molecular flexibility index (Phi) is 4.47. The number of benzene rings is 1. The van der Waals surface area contributed by atoms with E-state index < -0.39 is 0 Å². The molecule has 0 fully saturated rings. The van der Waals surface area contributed by atoms with E-state index in [4.69, 9.17) is 22.1 Å². The summed E-state index contributed by atoms with van der Waals surface area (Å²) in [4.78, 5) is 4.26. The highest BCUT2D eigenvalue weighted by Crippen LogP contribution is 2.20. The molecular weight excluding hydrogens is 262 g/mol. The van der Waals surface area contributed by atoms with E-state index in [-0.39, 0.29) is 0 Å². The van der Waals surface area contributed by atoms with Gasteiger partial charge in [-0.3, -0.25) is 0 Å². The maximum absolute atomic E-state index is 5.84. The minimum absolute atomic E-state index is 0.441. The van der Waals surface area contributed by atoms with Crippen molar-refractivity contribution in [2.24, 2.45) is 0 Å². The first-order valence-corrected chi connectivity index (χ1v) is 6.35. The molecule has 0 aliphatic rings. The number of nitrogens with zero attached hydrogens (tertiary/aromatic N) is 1. The molecule has 0 saturated heterocycles. The summed E-state index contributed by atoms with van der Waals surface area (Å²) in [5, 5.41) is 3.98. The average molecular weight is 278 g/mol. The van der Waals surface area contributed by atoms with Gasteiger partial charge in [-0.25, -0.2) is 0 Å². The summed E-state index contributed by atoms with van der Waals surface area (Å²) in [6.07, 6.45) is 0.894. The molecule has 2 rings (SSSR count). The number of ether oxygens (including phenoxy) is 1. The number of rotatable bonds is 5. The third kappa shape index (κ3) is 3.76. The Balaban J connectivity index is 1.90. The van der Waals surface area contributed by atoms with E-state index in [1.165, 1.54) is 5.56 Å². The van der Waals surface area contributed by atoms with Crippen LogP contribution in [0.2, 0.25) is 5.02 Å². The summed E-state index contributed by atoms with van der Waals surface area (Å²) >= 11 is 5.84. The first-order chi connectivity index (χ1) is 9.19. The van der Waals surface area contributed by atoms with Crippen LogP contribution in [-0.4, -0.2) is 18.6 Å². The highest BCUT2D eigenvalue weighted by molar-refractivity contribution is 6.30. The lowest BCUT2D eigenvalue weighted by Gasteiger charge is -2.08. The summed E-state index contributed by atoms with van der Waals surface area (Å²) in [6, 6.07) is 11.4. The summed E-state index contributed by atoms with van der Waals surface area (Å²) in [7, 11) is 1.55. The van der Waals surface area contributed by atoms with Crippen LogP contribution in [0.4, 0.5) is 11.5 Å². The molecule has 5 heteroatoms. The van der Waals surface area contributed by atoms with Crippen molar-refractivity contribution in [2.75, 3.05) is 24.7 Å². The SMILES string of the molecule is COc1nc(NCCc2ccc(Cl)cc2)ccc1N. The molecule has 0 unspecified atom stereocenters. The minimum Gasteiger partial charge on any atom is -0.479 e. The molecule has 19 heavy (non-hydrogen) atoms.